The van der Waals surface area contributed by atoms with Gasteiger partial charge in [0.15, 0.2) is 0 Å². The fourth-order valence-electron chi connectivity index (χ4n) is 0. The van der Waals surface area contributed by atoms with Gasteiger partial charge in [-0.05, 0) is 0 Å². The van der Waals surface area contributed by atoms with E-state index in [-0.39, 0.29) is 88.7 Å². The van der Waals surface area contributed by atoms with Gasteiger partial charge in [0.1, 0.15) is 0 Å². The summed E-state index contributed by atoms with van der Waals surface area (Å²) < 4.78 is 3.41. The van der Waals surface area contributed by atoms with Crippen molar-refractivity contribution in [2.75, 3.05) is 0 Å². The van der Waals surface area contributed by atoms with Gasteiger partial charge < -0.3 is 0 Å². The molecule has 0 aromatic carbocycles. The Hall–Kier alpha value is 3.77. The summed E-state index contributed by atoms with van der Waals surface area (Å²) in [7, 11) is -4.88. The summed E-state index contributed by atoms with van der Waals surface area (Å²) in [4.78, 5) is 27.8. The molecule has 0 aliphatic rings. The molecular formula is Na3O4SiTi. The van der Waals surface area contributed by atoms with Crippen LogP contribution < -0.4 is 103 Å². The molecular weight excluding hydrogens is 209 g/mol. The van der Waals surface area contributed by atoms with Crippen LogP contribution >= 0.6 is 0 Å². The normalized spacial score (nSPS) is 7.78. The molecule has 9 heteroatoms. The number of hydrogen-bond acceptors (Lipinski definition) is 4. The molecule has 0 heterocycles. The molecule has 35 valence electrons. The summed E-state index contributed by atoms with van der Waals surface area (Å²) in [5.74, 6) is 0. The third-order valence-corrected chi connectivity index (χ3v) is 1.55. The number of rotatable bonds is 1. The molecule has 9 heavy (non-hydrogen) atoms. The van der Waals surface area contributed by atoms with Gasteiger partial charge in [-0.2, -0.15) is 0 Å². The van der Waals surface area contributed by atoms with Gasteiger partial charge in [-0.25, -0.2) is 0 Å². The molecule has 0 saturated carbocycles. The first-order valence-corrected chi connectivity index (χ1v) is 3.29. The van der Waals surface area contributed by atoms with Crippen LogP contribution in [0.5, 0.6) is 0 Å². The van der Waals surface area contributed by atoms with Crippen LogP contribution in [0.3, 0.4) is 0 Å². The Morgan fingerprint density at radius 2 is 1.11 bits per heavy atom. The quantitative estimate of drug-likeness (QED) is 0.401. The van der Waals surface area contributed by atoms with E-state index in [1.54, 1.807) is 0 Å². The predicted octanol–water partition coefficient (Wildman–Crippen LogP) is -13.0. The third kappa shape index (κ3) is 24.5. The minimum absolute atomic E-state index is 0. The van der Waals surface area contributed by atoms with Crippen LogP contribution in [0.4, 0.5) is 0 Å². The van der Waals surface area contributed by atoms with Gasteiger partial charge in [-0.3, -0.25) is 0 Å². The molecule has 0 aliphatic heterocycles. The van der Waals surface area contributed by atoms with Crippen LogP contribution in [0.1, 0.15) is 0 Å². The van der Waals surface area contributed by atoms with Crippen LogP contribution in [0.2, 0.25) is 0 Å². The van der Waals surface area contributed by atoms with Gasteiger partial charge in [0.05, 0.1) is 0 Å². The van der Waals surface area contributed by atoms with Crippen LogP contribution in [0, 0.1) is 0 Å². The van der Waals surface area contributed by atoms with Crippen LogP contribution in [-0.4, -0.2) is 9.05 Å². The maximum atomic E-state index is 9.28. The molecule has 0 spiro atoms. The van der Waals surface area contributed by atoms with E-state index >= 15 is 0 Å². The molecule has 0 rings (SSSR count). The first kappa shape index (κ1) is 23.0. The third-order valence-electron chi connectivity index (χ3n) is 0.125. The Morgan fingerprint density at radius 3 is 1.11 bits per heavy atom. The van der Waals surface area contributed by atoms with Crippen molar-refractivity contribution in [2.24, 2.45) is 0 Å². The predicted molar refractivity (Wildman–Crippen MR) is 6.84 cm³/mol. The monoisotopic (exact) mass is 209 g/mol. The fraction of sp³-hybridized carbons (Fsp3) is 0. The Kier molecular flexibility index (Phi) is 30.1. The Labute approximate surface area is 133 Å². The van der Waals surface area contributed by atoms with Gasteiger partial charge in [-0.1, -0.05) is 0 Å². The second-order valence-corrected chi connectivity index (χ2v) is 2.76. The summed E-state index contributed by atoms with van der Waals surface area (Å²) in [6.07, 6.45) is 0. The molecule has 0 saturated heterocycles. The van der Waals surface area contributed by atoms with Crippen LogP contribution in [0.25, 0.3) is 0 Å². The molecule has 0 aliphatic carbocycles. The molecule has 0 radical (unpaired) electrons. The zero-order valence-corrected chi connectivity index (χ0v) is 14.2. The molecule has 0 N–H and O–H groups in total. The van der Waals surface area contributed by atoms with E-state index in [2.05, 4.69) is 3.01 Å². The molecule has 0 fully saturated rings. The van der Waals surface area contributed by atoms with Crippen LogP contribution in [-0.2, 0) is 23.8 Å². The Bertz CT molecular complexity index is 45.6. The summed E-state index contributed by atoms with van der Waals surface area (Å²) in [5, 5.41) is 0. The van der Waals surface area contributed by atoms with E-state index in [4.69, 9.17) is 0 Å². The second-order valence-electron chi connectivity index (χ2n) is 0.602. The van der Waals surface area contributed by atoms with E-state index in [0.29, 0.717) is 0 Å². The molecule has 0 aromatic heterocycles. The summed E-state index contributed by atoms with van der Waals surface area (Å²) in [5.41, 5.74) is 0. The van der Waals surface area contributed by atoms with Gasteiger partial charge in [-0.15, -0.1) is 0 Å². The van der Waals surface area contributed by atoms with E-state index in [0.717, 1.165) is 20.8 Å². The summed E-state index contributed by atoms with van der Waals surface area (Å²) in [6, 6.07) is 0. The van der Waals surface area contributed by atoms with Gasteiger partial charge in [0.25, 0.3) is 0 Å². The van der Waals surface area contributed by atoms with Crippen molar-refractivity contribution in [3.8, 4) is 0 Å². The zero-order chi connectivity index (χ0) is 5.21. The van der Waals surface area contributed by atoms with Crippen molar-refractivity contribution >= 4 is 9.05 Å². The standard InChI is InChI=1S/3Na.O4Si.Ti/c;;;1-5(2,3)4;/q3*+1;-4;+1. The van der Waals surface area contributed by atoms with Gasteiger partial charge in [0.2, 0.25) is 0 Å². The molecule has 4 nitrogen and oxygen atoms in total. The summed E-state index contributed by atoms with van der Waals surface area (Å²) in [6.45, 7) is 0. The molecule has 0 amide bonds. The van der Waals surface area contributed by atoms with Crippen molar-refractivity contribution in [1.29, 1.82) is 0 Å². The van der Waals surface area contributed by atoms with Crippen molar-refractivity contribution in [3.63, 3.8) is 0 Å². The zero-order valence-electron chi connectivity index (χ0n) is 5.63. The molecule has 0 atom stereocenters. The van der Waals surface area contributed by atoms with E-state index in [1.165, 1.54) is 0 Å². The Balaban J connectivity index is -0.0000000417. The van der Waals surface area contributed by atoms with Gasteiger partial charge in [0, 0.05) is 0 Å². The SMILES string of the molecule is [Na+].[Na+].[Na+].[O-][Si]([O-])([O-])[O][Ti]. The molecule has 0 aromatic rings. The van der Waals surface area contributed by atoms with Gasteiger partial charge >= 0.3 is 136 Å². The van der Waals surface area contributed by atoms with E-state index < -0.39 is 9.05 Å². The van der Waals surface area contributed by atoms with Crippen molar-refractivity contribution in [2.45, 2.75) is 0 Å². The van der Waals surface area contributed by atoms with Crippen molar-refractivity contribution < 1.29 is 127 Å². The minimum atomic E-state index is -4.88. The van der Waals surface area contributed by atoms with Crippen LogP contribution in [0.15, 0.2) is 0 Å². The van der Waals surface area contributed by atoms with Crippen molar-refractivity contribution in [1.82, 2.24) is 0 Å². The Morgan fingerprint density at radius 1 is 1.00 bits per heavy atom. The first-order valence-electron chi connectivity index (χ1n) is 1.02. The number of hydrogen-bond donors (Lipinski definition) is 0. The second kappa shape index (κ2) is 11.8. The average molecular weight is 209 g/mol. The average Bonchev–Trinajstić information content (AvgIpc) is 1.35. The topological polar surface area (TPSA) is 78.4 Å². The van der Waals surface area contributed by atoms with E-state index in [9.17, 15) is 14.4 Å². The molecule has 0 unspecified atom stereocenters. The fourth-order valence-corrected chi connectivity index (χ4v) is 0. The maximum absolute atomic E-state index is 9.28. The van der Waals surface area contributed by atoms with E-state index in [1.807, 2.05) is 0 Å². The van der Waals surface area contributed by atoms with Crippen molar-refractivity contribution in [3.05, 3.63) is 0 Å². The first-order chi connectivity index (χ1) is 2.56. The summed E-state index contributed by atoms with van der Waals surface area (Å²) >= 11 is 0.833. The molecule has 0 bridgehead atoms.